The topological polar surface area (TPSA) is 113 Å². The minimum Gasteiger partial charge on any atom is -0.353 e. The molecule has 4 N–H and O–H groups in total. The van der Waals surface area contributed by atoms with E-state index in [4.69, 9.17) is 5.84 Å². The minimum absolute atomic E-state index is 0.164. The summed E-state index contributed by atoms with van der Waals surface area (Å²) in [5.74, 6) is 5.05. The quantitative estimate of drug-likeness (QED) is 0.445. The van der Waals surface area contributed by atoms with Crippen LogP contribution in [0.2, 0.25) is 0 Å². The Kier molecular flexibility index (Phi) is 3.38. The molecule has 0 aromatic carbocycles. The second kappa shape index (κ2) is 4.96. The van der Waals surface area contributed by atoms with Gasteiger partial charge in [-0.15, -0.1) is 10.2 Å². The molecule has 8 nitrogen and oxygen atoms in total. The number of nitrogen functional groups attached to an aromatic ring is 1. The van der Waals surface area contributed by atoms with E-state index in [9.17, 15) is 9.59 Å². The number of hydrazine groups is 1. The monoisotopic (exact) mass is 250 g/mol. The summed E-state index contributed by atoms with van der Waals surface area (Å²) in [5.41, 5.74) is 2.52. The molecule has 96 valence electrons. The number of nitrogens with one attached hydrogen (secondary N) is 2. The van der Waals surface area contributed by atoms with E-state index >= 15 is 0 Å². The number of rotatable bonds is 2. The summed E-state index contributed by atoms with van der Waals surface area (Å²) in [7, 11) is 0. The molecule has 0 spiro atoms. The van der Waals surface area contributed by atoms with Crippen LogP contribution < -0.4 is 16.6 Å². The number of anilines is 1. The molecule has 0 radical (unpaired) electrons. The van der Waals surface area contributed by atoms with Gasteiger partial charge in [-0.2, -0.15) is 0 Å². The summed E-state index contributed by atoms with van der Waals surface area (Å²) in [6.07, 6.45) is 0. The SMILES string of the molecule is CC1C(=O)NCCN1C(=O)c1ccc(NN)nn1. The molecular formula is C10H14N6O2. The first kappa shape index (κ1) is 12.2. The molecule has 0 saturated carbocycles. The van der Waals surface area contributed by atoms with Crippen molar-refractivity contribution in [1.82, 2.24) is 20.4 Å². The van der Waals surface area contributed by atoms with E-state index in [1.54, 1.807) is 13.0 Å². The van der Waals surface area contributed by atoms with Crippen LogP contribution in [0.3, 0.4) is 0 Å². The van der Waals surface area contributed by atoms with Crippen LogP contribution in [0.15, 0.2) is 12.1 Å². The van der Waals surface area contributed by atoms with Gasteiger partial charge in [0.2, 0.25) is 5.91 Å². The maximum Gasteiger partial charge on any atom is 0.275 e. The number of aromatic nitrogens is 2. The Morgan fingerprint density at radius 2 is 2.33 bits per heavy atom. The first-order valence-electron chi connectivity index (χ1n) is 5.52. The van der Waals surface area contributed by atoms with Gasteiger partial charge in [0.15, 0.2) is 11.5 Å². The molecule has 1 aromatic rings. The molecule has 1 fully saturated rings. The van der Waals surface area contributed by atoms with Crippen molar-refractivity contribution in [1.29, 1.82) is 0 Å². The Morgan fingerprint density at radius 3 is 2.94 bits per heavy atom. The highest BCUT2D eigenvalue weighted by atomic mass is 16.2. The van der Waals surface area contributed by atoms with E-state index in [0.29, 0.717) is 18.9 Å². The molecule has 1 aliphatic heterocycles. The lowest BCUT2D eigenvalue weighted by molar-refractivity contribution is -0.127. The fourth-order valence-corrected chi connectivity index (χ4v) is 1.73. The molecule has 1 atom stereocenters. The average Bonchev–Trinajstić information content (AvgIpc) is 2.41. The molecule has 8 heteroatoms. The molecule has 2 amide bonds. The van der Waals surface area contributed by atoms with Crippen molar-refractivity contribution in [2.24, 2.45) is 5.84 Å². The van der Waals surface area contributed by atoms with Crippen molar-refractivity contribution >= 4 is 17.6 Å². The maximum atomic E-state index is 12.1. The van der Waals surface area contributed by atoms with Gasteiger partial charge in [-0.1, -0.05) is 0 Å². The summed E-state index contributed by atoms with van der Waals surface area (Å²) in [4.78, 5) is 25.1. The average molecular weight is 250 g/mol. The maximum absolute atomic E-state index is 12.1. The van der Waals surface area contributed by atoms with Crippen molar-refractivity contribution in [2.75, 3.05) is 18.5 Å². The van der Waals surface area contributed by atoms with Crippen LogP contribution >= 0.6 is 0 Å². The normalized spacial score (nSPS) is 19.3. The van der Waals surface area contributed by atoms with Crippen molar-refractivity contribution in [3.8, 4) is 0 Å². The molecule has 1 aliphatic rings. The number of nitrogens with two attached hydrogens (primary N) is 1. The molecule has 2 heterocycles. The molecule has 0 aliphatic carbocycles. The lowest BCUT2D eigenvalue weighted by atomic mass is 10.2. The summed E-state index contributed by atoms with van der Waals surface area (Å²) < 4.78 is 0. The number of carbonyl (C=O) groups excluding carboxylic acids is 2. The van der Waals surface area contributed by atoms with Gasteiger partial charge in [0, 0.05) is 13.1 Å². The Labute approximate surface area is 104 Å². The smallest absolute Gasteiger partial charge is 0.275 e. The lowest BCUT2D eigenvalue weighted by Gasteiger charge is -2.32. The van der Waals surface area contributed by atoms with Gasteiger partial charge >= 0.3 is 0 Å². The minimum atomic E-state index is -0.500. The summed E-state index contributed by atoms with van der Waals surface area (Å²) in [6.45, 7) is 2.59. The first-order chi connectivity index (χ1) is 8.63. The van der Waals surface area contributed by atoms with Crippen molar-refractivity contribution in [3.05, 3.63) is 17.8 Å². The number of piperazine rings is 1. The molecule has 2 rings (SSSR count). The van der Waals surface area contributed by atoms with Gasteiger partial charge in [0.05, 0.1) is 0 Å². The van der Waals surface area contributed by atoms with E-state index < -0.39 is 6.04 Å². The Bertz CT molecular complexity index is 460. The molecule has 18 heavy (non-hydrogen) atoms. The van der Waals surface area contributed by atoms with Gasteiger partial charge in [-0.3, -0.25) is 9.59 Å². The van der Waals surface area contributed by atoms with Gasteiger partial charge in [-0.05, 0) is 19.1 Å². The largest absolute Gasteiger partial charge is 0.353 e. The zero-order valence-corrected chi connectivity index (χ0v) is 9.88. The third kappa shape index (κ3) is 2.23. The number of amides is 2. The summed E-state index contributed by atoms with van der Waals surface area (Å²) in [5, 5.41) is 10.2. The van der Waals surface area contributed by atoms with Crippen LogP contribution in [-0.4, -0.2) is 46.0 Å². The van der Waals surface area contributed by atoms with E-state index in [1.807, 2.05) is 0 Å². The van der Waals surface area contributed by atoms with Gasteiger partial charge in [0.25, 0.3) is 5.91 Å². The zero-order valence-electron chi connectivity index (χ0n) is 9.88. The zero-order chi connectivity index (χ0) is 13.1. The van der Waals surface area contributed by atoms with Crippen LogP contribution in [0.25, 0.3) is 0 Å². The Morgan fingerprint density at radius 1 is 1.56 bits per heavy atom. The first-order valence-corrected chi connectivity index (χ1v) is 5.52. The second-order valence-corrected chi connectivity index (χ2v) is 3.91. The highest BCUT2D eigenvalue weighted by molar-refractivity contribution is 5.96. The van der Waals surface area contributed by atoms with Crippen LogP contribution in [0, 0.1) is 0 Å². The van der Waals surface area contributed by atoms with Gasteiger partial charge < -0.3 is 15.6 Å². The molecule has 1 saturated heterocycles. The van der Waals surface area contributed by atoms with Crippen molar-refractivity contribution in [3.63, 3.8) is 0 Å². The highest BCUT2D eigenvalue weighted by Crippen LogP contribution is 2.09. The summed E-state index contributed by atoms with van der Waals surface area (Å²) in [6, 6.07) is 2.57. The number of hydrogen-bond acceptors (Lipinski definition) is 6. The second-order valence-electron chi connectivity index (χ2n) is 3.91. The fraction of sp³-hybridized carbons (Fsp3) is 0.400. The van der Waals surface area contributed by atoms with Crippen LogP contribution in [0.4, 0.5) is 5.82 Å². The number of hydrogen-bond donors (Lipinski definition) is 3. The Balaban J connectivity index is 2.16. The van der Waals surface area contributed by atoms with Crippen LogP contribution in [0.1, 0.15) is 17.4 Å². The predicted molar refractivity (Wildman–Crippen MR) is 63.4 cm³/mol. The van der Waals surface area contributed by atoms with Gasteiger partial charge in [0.1, 0.15) is 6.04 Å². The molecule has 1 aromatic heterocycles. The Hall–Kier alpha value is -2.22. The number of nitrogens with zero attached hydrogens (tertiary/aromatic N) is 3. The van der Waals surface area contributed by atoms with E-state index in [-0.39, 0.29) is 17.5 Å². The molecule has 1 unspecified atom stereocenters. The van der Waals surface area contributed by atoms with E-state index in [0.717, 1.165) is 0 Å². The molecular weight excluding hydrogens is 236 g/mol. The highest BCUT2D eigenvalue weighted by Gasteiger charge is 2.30. The van der Waals surface area contributed by atoms with Crippen molar-refractivity contribution in [2.45, 2.75) is 13.0 Å². The lowest BCUT2D eigenvalue weighted by Crippen LogP contribution is -2.56. The standard InChI is InChI=1S/C10H14N6O2/c1-6-9(17)12-4-5-16(6)10(18)7-2-3-8(13-11)15-14-7/h2-3,6H,4-5,11H2,1H3,(H,12,17)(H,13,15). The fourth-order valence-electron chi connectivity index (χ4n) is 1.73. The van der Waals surface area contributed by atoms with Gasteiger partial charge in [-0.25, -0.2) is 5.84 Å². The van der Waals surface area contributed by atoms with E-state index in [2.05, 4.69) is 20.9 Å². The van der Waals surface area contributed by atoms with E-state index in [1.165, 1.54) is 11.0 Å². The summed E-state index contributed by atoms with van der Waals surface area (Å²) >= 11 is 0. The predicted octanol–water partition coefficient (Wildman–Crippen LogP) is -1.28. The van der Waals surface area contributed by atoms with Crippen LogP contribution in [-0.2, 0) is 4.79 Å². The number of carbonyl (C=O) groups is 2. The van der Waals surface area contributed by atoms with Crippen LogP contribution in [0.5, 0.6) is 0 Å². The third-order valence-electron chi connectivity index (χ3n) is 2.79. The third-order valence-corrected chi connectivity index (χ3v) is 2.79. The molecule has 0 bridgehead atoms. The van der Waals surface area contributed by atoms with Crippen molar-refractivity contribution < 1.29 is 9.59 Å².